The Hall–Kier alpha value is -3.17. The van der Waals surface area contributed by atoms with Crippen molar-refractivity contribution >= 4 is 29.2 Å². The van der Waals surface area contributed by atoms with Gasteiger partial charge in [-0.15, -0.1) is 0 Å². The first-order valence-electron chi connectivity index (χ1n) is 8.95. The van der Waals surface area contributed by atoms with Gasteiger partial charge in [0, 0.05) is 26.2 Å². The monoisotopic (exact) mass is 393 g/mol. The van der Waals surface area contributed by atoms with Gasteiger partial charge in [0.1, 0.15) is 5.69 Å². The summed E-state index contributed by atoms with van der Waals surface area (Å²) >= 11 is 0. The van der Waals surface area contributed by atoms with E-state index in [2.05, 4.69) is 5.32 Å². The average Bonchev–Trinajstić information content (AvgIpc) is 2.71. The summed E-state index contributed by atoms with van der Waals surface area (Å²) in [6.07, 6.45) is 0.992. The number of nitro benzene ring substituents is 1. The molecule has 1 heterocycles. The molecule has 1 saturated heterocycles. The molecule has 28 heavy (non-hydrogen) atoms. The normalized spacial score (nSPS) is 14.3. The number of carbonyl (C=O) groups excluding carboxylic acids is 3. The summed E-state index contributed by atoms with van der Waals surface area (Å²) in [6, 6.07) is 3.89. The van der Waals surface area contributed by atoms with Crippen molar-refractivity contribution in [3.05, 3.63) is 33.9 Å². The van der Waals surface area contributed by atoms with Crippen LogP contribution in [-0.2, 0) is 19.1 Å². The Bertz CT molecular complexity index is 758. The predicted molar refractivity (Wildman–Crippen MR) is 98.9 cm³/mol. The summed E-state index contributed by atoms with van der Waals surface area (Å²) < 4.78 is 9.98. The quantitative estimate of drug-likeness (QED) is 0.420. The summed E-state index contributed by atoms with van der Waals surface area (Å²) in [7, 11) is 1.53. The second-order valence-electron chi connectivity index (χ2n) is 6.22. The number of carbonyl (C=O) groups is 3. The zero-order chi connectivity index (χ0) is 20.7. The van der Waals surface area contributed by atoms with Crippen molar-refractivity contribution in [3.63, 3.8) is 0 Å². The molecule has 1 aliphatic rings. The molecule has 152 valence electrons. The molecule has 0 unspecified atom stereocenters. The Morgan fingerprint density at radius 2 is 1.93 bits per heavy atom. The first-order valence-corrected chi connectivity index (χ1v) is 8.95. The van der Waals surface area contributed by atoms with Crippen molar-refractivity contribution < 1.29 is 28.8 Å². The maximum absolute atomic E-state index is 12.2. The molecular formula is C18H23N3O7. The van der Waals surface area contributed by atoms with Gasteiger partial charge in [-0.25, -0.2) is 4.79 Å². The van der Waals surface area contributed by atoms with Gasteiger partial charge in [-0.3, -0.25) is 19.7 Å². The Labute approximate surface area is 161 Å². The third-order valence-electron chi connectivity index (χ3n) is 4.49. The van der Waals surface area contributed by atoms with Crippen LogP contribution in [0.4, 0.5) is 11.4 Å². The van der Waals surface area contributed by atoms with E-state index in [-0.39, 0.29) is 34.7 Å². The Kier molecular flexibility index (Phi) is 7.30. The number of amides is 1. The van der Waals surface area contributed by atoms with Gasteiger partial charge in [-0.05, 0) is 31.9 Å². The van der Waals surface area contributed by atoms with Gasteiger partial charge in [-0.2, -0.15) is 0 Å². The van der Waals surface area contributed by atoms with Crippen LogP contribution in [0.1, 0.15) is 30.1 Å². The highest BCUT2D eigenvalue weighted by Gasteiger charge is 2.28. The second kappa shape index (κ2) is 9.67. The second-order valence-corrected chi connectivity index (χ2v) is 6.22. The molecule has 1 aromatic carbocycles. The van der Waals surface area contributed by atoms with Gasteiger partial charge in [0.05, 0.1) is 23.0 Å². The number of hydrogen-bond donors (Lipinski definition) is 1. The van der Waals surface area contributed by atoms with Gasteiger partial charge in [0.25, 0.3) is 11.6 Å². The molecule has 0 saturated carbocycles. The van der Waals surface area contributed by atoms with E-state index in [4.69, 9.17) is 9.47 Å². The van der Waals surface area contributed by atoms with E-state index in [0.717, 1.165) is 6.07 Å². The van der Waals surface area contributed by atoms with Crippen LogP contribution in [-0.4, -0.2) is 61.0 Å². The van der Waals surface area contributed by atoms with Crippen LogP contribution in [0.3, 0.4) is 0 Å². The maximum Gasteiger partial charge on any atom is 0.338 e. The van der Waals surface area contributed by atoms with E-state index in [0.29, 0.717) is 32.5 Å². The third kappa shape index (κ3) is 5.18. The summed E-state index contributed by atoms with van der Waals surface area (Å²) in [6.45, 7) is 2.35. The van der Waals surface area contributed by atoms with E-state index in [1.54, 1.807) is 6.92 Å². The third-order valence-corrected chi connectivity index (χ3v) is 4.49. The first kappa shape index (κ1) is 21.1. The summed E-state index contributed by atoms with van der Waals surface area (Å²) in [5, 5.41) is 13.7. The van der Waals surface area contributed by atoms with Gasteiger partial charge < -0.3 is 19.7 Å². The van der Waals surface area contributed by atoms with Gasteiger partial charge in [0.2, 0.25) is 0 Å². The number of ether oxygens (including phenoxy) is 2. The number of benzene rings is 1. The van der Waals surface area contributed by atoms with E-state index in [1.165, 1.54) is 24.1 Å². The number of nitrogens with zero attached hydrogens (tertiary/aromatic N) is 2. The van der Waals surface area contributed by atoms with Crippen LogP contribution in [0.15, 0.2) is 18.2 Å². The zero-order valence-electron chi connectivity index (χ0n) is 15.8. The first-order chi connectivity index (χ1) is 13.4. The van der Waals surface area contributed by atoms with Crippen molar-refractivity contribution in [2.24, 2.45) is 5.92 Å². The van der Waals surface area contributed by atoms with Gasteiger partial charge >= 0.3 is 11.9 Å². The minimum Gasteiger partial charge on any atom is -0.466 e. The molecule has 1 fully saturated rings. The number of piperidine rings is 1. The highest BCUT2D eigenvalue weighted by atomic mass is 16.6. The number of anilines is 1. The van der Waals surface area contributed by atoms with Gasteiger partial charge in [0.15, 0.2) is 6.61 Å². The van der Waals surface area contributed by atoms with Crippen molar-refractivity contribution in [1.29, 1.82) is 0 Å². The zero-order valence-corrected chi connectivity index (χ0v) is 15.8. The fourth-order valence-electron chi connectivity index (χ4n) is 2.95. The van der Waals surface area contributed by atoms with E-state index in [1.807, 2.05) is 0 Å². The smallest absolute Gasteiger partial charge is 0.338 e. The average molecular weight is 393 g/mol. The largest absolute Gasteiger partial charge is 0.466 e. The van der Waals surface area contributed by atoms with E-state index >= 15 is 0 Å². The number of nitro groups is 1. The molecule has 1 aromatic rings. The maximum atomic E-state index is 12.2. The van der Waals surface area contributed by atoms with Crippen molar-refractivity contribution in [2.45, 2.75) is 19.8 Å². The molecule has 2 rings (SSSR count). The van der Waals surface area contributed by atoms with Crippen molar-refractivity contribution in [1.82, 2.24) is 4.90 Å². The molecule has 10 heteroatoms. The fraction of sp³-hybridized carbons (Fsp3) is 0.500. The lowest BCUT2D eigenvalue weighted by atomic mass is 9.97. The van der Waals surface area contributed by atoms with E-state index in [9.17, 15) is 24.5 Å². The Morgan fingerprint density at radius 3 is 2.50 bits per heavy atom. The number of nitrogens with one attached hydrogen (secondary N) is 1. The molecular weight excluding hydrogens is 370 g/mol. The summed E-state index contributed by atoms with van der Waals surface area (Å²) in [5.41, 5.74) is -0.00840. The Balaban J connectivity index is 1.88. The molecule has 10 nitrogen and oxygen atoms in total. The molecule has 1 amide bonds. The minimum atomic E-state index is -0.819. The summed E-state index contributed by atoms with van der Waals surface area (Å²) in [4.78, 5) is 48.0. The van der Waals surface area contributed by atoms with Crippen LogP contribution in [0.25, 0.3) is 0 Å². The molecule has 1 aliphatic heterocycles. The number of likely N-dealkylation sites (tertiary alicyclic amines) is 1. The van der Waals surface area contributed by atoms with Gasteiger partial charge in [-0.1, -0.05) is 0 Å². The lowest BCUT2D eigenvalue weighted by Gasteiger charge is -2.30. The standard InChI is InChI=1S/C18H23N3O7/c1-3-27-17(23)12-6-8-20(9-7-12)16(22)11-28-18(24)13-4-5-14(19-2)15(10-13)21(25)26/h4-5,10,12,19H,3,6-9,11H2,1-2H3. The van der Waals surface area contributed by atoms with Crippen LogP contribution in [0.5, 0.6) is 0 Å². The molecule has 0 aliphatic carbocycles. The van der Waals surface area contributed by atoms with E-state index < -0.39 is 17.5 Å². The van der Waals surface area contributed by atoms with Crippen molar-refractivity contribution in [3.8, 4) is 0 Å². The number of rotatable bonds is 7. The fourth-order valence-corrected chi connectivity index (χ4v) is 2.95. The highest BCUT2D eigenvalue weighted by molar-refractivity contribution is 5.93. The van der Waals surface area contributed by atoms with Crippen LogP contribution in [0, 0.1) is 16.0 Å². The molecule has 0 spiro atoms. The SMILES string of the molecule is CCOC(=O)C1CCN(C(=O)COC(=O)c2ccc(NC)c([N+](=O)[O-])c2)CC1. The summed E-state index contributed by atoms with van der Waals surface area (Å²) in [5.74, 6) is -1.68. The lowest BCUT2D eigenvalue weighted by Crippen LogP contribution is -2.42. The molecule has 0 bridgehead atoms. The minimum absolute atomic E-state index is 0.0143. The van der Waals surface area contributed by atoms with Crippen molar-refractivity contribution in [2.75, 3.05) is 38.7 Å². The molecule has 0 aromatic heterocycles. The molecule has 1 N–H and O–H groups in total. The van der Waals surface area contributed by atoms with Crippen LogP contribution < -0.4 is 5.32 Å². The van der Waals surface area contributed by atoms with Crippen LogP contribution >= 0.6 is 0 Å². The lowest BCUT2D eigenvalue weighted by molar-refractivity contribution is -0.384. The predicted octanol–water partition coefficient (Wildman–Crippen LogP) is 1.59. The Morgan fingerprint density at radius 1 is 1.25 bits per heavy atom. The molecule has 0 radical (unpaired) electrons. The molecule has 0 atom stereocenters. The number of esters is 2. The van der Waals surface area contributed by atoms with Crippen LogP contribution in [0.2, 0.25) is 0 Å². The topological polar surface area (TPSA) is 128 Å². The highest BCUT2D eigenvalue weighted by Crippen LogP contribution is 2.25. The number of hydrogen-bond acceptors (Lipinski definition) is 8.